The van der Waals surface area contributed by atoms with E-state index in [1.165, 1.54) is 0 Å². The first-order chi connectivity index (χ1) is 12.0. The third-order valence-corrected chi connectivity index (χ3v) is 6.31. The van der Waals surface area contributed by atoms with E-state index in [1.807, 2.05) is 24.3 Å². The SMILES string of the molecule is O=C(C[C@H]1CCS(=O)(=O)C1)N/N=C\c1ccc(N2CCOCC2)cc1. The van der Waals surface area contributed by atoms with Crippen LogP contribution in [0.15, 0.2) is 29.4 Å². The molecule has 0 aromatic heterocycles. The van der Waals surface area contributed by atoms with Gasteiger partial charge in [0.05, 0.1) is 30.9 Å². The van der Waals surface area contributed by atoms with Gasteiger partial charge in [0.25, 0.3) is 0 Å². The van der Waals surface area contributed by atoms with Gasteiger partial charge in [-0.05, 0) is 30.0 Å². The molecule has 0 aliphatic carbocycles. The molecule has 2 aliphatic heterocycles. The number of ether oxygens (including phenoxy) is 1. The number of amides is 1. The van der Waals surface area contributed by atoms with E-state index in [4.69, 9.17) is 4.74 Å². The summed E-state index contributed by atoms with van der Waals surface area (Å²) in [6.07, 6.45) is 2.35. The number of carbonyl (C=O) groups is 1. The summed E-state index contributed by atoms with van der Waals surface area (Å²) < 4.78 is 28.1. The largest absolute Gasteiger partial charge is 0.378 e. The van der Waals surface area contributed by atoms with Crippen LogP contribution in [-0.2, 0) is 19.4 Å². The third kappa shape index (κ3) is 5.27. The van der Waals surface area contributed by atoms with E-state index in [-0.39, 0.29) is 29.8 Å². The molecule has 1 aromatic rings. The Labute approximate surface area is 148 Å². The van der Waals surface area contributed by atoms with Crippen molar-refractivity contribution < 1.29 is 17.9 Å². The van der Waals surface area contributed by atoms with Crippen molar-refractivity contribution in [2.24, 2.45) is 11.0 Å². The molecule has 0 unspecified atom stereocenters. The van der Waals surface area contributed by atoms with E-state index >= 15 is 0 Å². The Balaban J connectivity index is 1.46. The molecule has 8 heteroatoms. The monoisotopic (exact) mass is 365 g/mol. The number of nitrogens with one attached hydrogen (secondary N) is 1. The first-order valence-corrected chi connectivity index (χ1v) is 10.3. The van der Waals surface area contributed by atoms with Crippen molar-refractivity contribution in [3.05, 3.63) is 29.8 Å². The van der Waals surface area contributed by atoms with Gasteiger partial charge in [-0.1, -0.05) is 12.1 Å². The molecule has 1 amide bonds. The Morgan fingerprint density at radius 2 is 2.00 bits per heavy atom. The molecule has 3 rings (SSSR count). The van der Waals surface area contributed by atoms with Crippen molar-refractivity contribution in [2.45, 2.75) is 12.8 Å². The average molecular weight is 365 g/mol. The van der Waals surface area contributed by atoms with E-state index in [1.54, 1.807) is 6.21 Å². The lowest BCUT2D eigenvalue weighted by Crippen LogP contribution is -2.36. The van der Waals surface area contributed by atoms with Crippen molar-refractivity contribution in [1.29, 1.82) is 0 Å². The smallest absolute Gasteiger partial charge is 0.240 e. The van der Waals surface area contributed by atoms with Crippen LogP contribution in [0.2, 0.25) is 0 Å². The predicted octanol–water partition coefficient (Wildman–Crippen LogP) is 0.798. The van der Waals surface area contributed by atoms with Crippen LogP contribution in [0.3, 0.4) is 0 Å². The number of carbonyl (C=O) groups excluding carboxylic acids is 1. The van der Waals surface area contributed by atoms with Gasteiger partial charge in [0.15, 0.2) is 9.84 Å². The molecule has 2 fully saturated rings. The van der Waals surface area contributed by atoms with Crippen LogP contribution in [0.4, 0.5) is 5.69 Å². The van der Waals surface area contributed by atoms with Gasteiger partial charge in [0.2, 0.25) is 5.91 Å². The summed E-state index contributed by atoms with van der Waals surface area (Å²) in [6, 6.07) is 7.95. The van der Waals surface area contributed by atoms with Crippen molar-refractivity contribution in [2.75, 3.05) is 42.7 Å². The lowest BCUT2D eigenvalue weighted by atomic mass is 10.1. The van der Waals surface area contributed by atoms with Crippen LogP contribution in [0.5, 0.6) is 0 Å². The van der Waals surface area contributed by atoms with Gasteiger partial charge in [-0.2, -0.15) is 5.10 Å². The fraction of sp³-hybridized carbons (Fsp3) is 0.529. The molecule has 2 aliphatic rings. The minimum Gasteiger partial charge on any atom is -0.378 e. The first-order valence-electron chi connectivity index (χ1n) is 8.47. The second kappa shape index (κ2) is 7.97. The molecule has 2 saturated heterocycles. The zero-order chi connectivity index (χ0) is 17.7. The van der Waals surface area contributed by atoms with Gasteiger partial charge in [-0.15, -0.1) is 0 Å². The zero-order valence-electron chi connectivity index (χ0n) is 14.1. The van der Waals surface area contributed by atoms with Crippen molar-refractivity contribution in [3.8, 4) is 0 Å². The molecule has 2 heterocycles. The number of anilines is 1. The molecule has 0 radical (unpaired) electrons. The quantitative estimate of drug-likeness (QED) is 0.616. The number of nitrogens with zero attached hydrogens (tertiary/aromatic N) is 2. The normalized spacial score (nSPS) is 23.0. The first kappa shape index (κ1) is 17.9. The Bertz CT molecular complexity index is 725. The number of hydrazone groups is 1. The second-order valence-corrected chi connectivity index (χ2v) is 8.69. The Hall–Kier alpha value is -1.93. The molecule has 0 spiro atoms. The molecule has 7 nitrogen and oxygen atoms in total. The zero-order valence-corrected chi connectivity index (χ0v) is 14.9. The van der Waals surface area contributed by atoms with Crippen LogP contribution in [0, 0.1) is 5.92 Å². The molecule has 1 aromatic carbocycles. The summed E-state index contributed by atoms with van der Waals surface area (Å²) in [5, 5.41) is 3.95. The van der Waals surface area contributed by atoms with Crippen molar-refractivity contribution in [3.63, 3.8) is 0 Å². The summed E-state index contributed by atoms with van der Waals surface area (Å²) >= 11 is 0. The highest BCUT2D eigenvalue weighted by Gasteiger charge is 2.29. The third-order valence-electron chi connectivity index (χ3n) is 4.47. The van der Waals surface area contributed by atoms with E-state index in [0.717, 1.165) is 37.6 Å². The summed E-state index contributed by atoms with van der Waals surface area (Å²) in [6.45, 7) is 3.27. The van der Waals surface area contributed by atoms with Gasteiger partial charge < -0.3 is 9.64 Å². The Morgan fingerprint density at radius 1 is 1.28 bits per heavy atom. The average Bonchev–Trinajstić information content (AvgIpc) is 2.95. The van der Waals surface area contributed by atoms with E-state index in [0.29, 0.717) is 6.42 Å². The lowest BCUT2D eigenvalue weighted by Gasteiger charge is -2.28. The molecule has 1 N–H and O–H groups in total. The van der Waals surface area contributed by atoms with Gasteiger partial charge in [-0.25, -0.2) is 13.8 Å². The van der Waals surface area contributed by atoms with Crippen LogP contribution in [-0.4, -0.2) is 58.3 Å². The standard InChI is InChI=1S/C17H23N3O4S/c21-17(11-15-5-10-25(22,23)13-15)19-18-12-14-1-3-16(4-2-14)20-6-8-24-9-7-20/h1-4,12,15H,5-11,13H2,(H,19,21)/b18-12-/t15-/m1/s1. The highest BCUT2D eigenvalue weighted by molar-refractivity contribution is 7.91. The molecular formula is C17H23N3O4S. The van der Waals surface area contributed by atoms with Crippen LogP contribution in [0.25, 0.3) is 0 Å². The number of morpholine rings is 1. The maximum atomic E-state index is 11.8. The molecule has 136 valence electrons. The van der Waals surface area contributed by atoms with E-state index < -0.39 is 9.84 Å². The van der Waals surface area contributed by atoms with Gasteiger partial charge >= 0.3 is 0 Å². The summed E-state index contributed by atoms with van der Waals surface area (Å²) in [7, 11) is -2.95. The minimum absolute atomic E-state index is 0.0898. The number of hydrogen-bond donors (Lipinski definition) is 1. The minimum atomic E-state index is -2.95. The summed E-state index contributed by atoms with van der Waals surface area (Å²) in [4.78, 5) is 14.1. The molecule has 0 bridgehead atoms. The fourth-order valence-corrected chi connectivity index (χ4v) is 4.97. The highest BCUT2D eigenvalue weighted by Crippen LogP contribution is 2.21. The van der Waals surface area contributed by atoms with Crippen LogP contribution in [0.1, 0.15) is 18.4 Å². The van der Waals surface area contributed by atoms with E-state index in [2.05, 4.69) is 15.4 Å². The molecular weight excluding hydrogens is 342 g/mol. The predicted molar refractivity (Wildman–Crippen MR) is 96.6 cm³/mol. The van der Waals surface area contributed by atoms with Crippen LogP contribution < -0.4 is 10.3 Å². The van der Waals surface area contributed by atoms with Gasteiger partial charge in [-0.3, -0.25) is 4.79 Å². The highest BCUT2D eigenvalue weighted by atomic mass is 32.2. The van der Waals surface area contributed by atoms with Crippen molar-refractivity contribution >= 4 is 27.6 Å². The van der Waals surface area contributed by atoms with Crippen LogP contribution >= 0.6 is 0 Å². The fourth-order valence-electron chi connectivity index (χ4n) is 3.11. The molecule has 25 heavy (non-hydrogen) atoms. The Morgan fingerprint density at radius 3 is 2.64 bits per heavy atom. The van der Waals surface area contributed by atoms with Crippen molar-refractivity contribution in [1.82, 2.24) is 5.43 Å². The van der Waals surface area contributed by atoms with Gasteiger partial charge in [0.1, 0.15) is 0 Å². The topological polar surface area (TPSA) is 88.1 Å². The molecule has 0 saturated carbocycles. The number of rotatable bonds is 5. The summed E-state index contributed by atoms with van der Waals surface area (Å²) in [5.74, 6) is -0.0482. The number of benzene rings is 1. The van der Waals surface area contributed by atoms with Gasteiger partial charge in [0, 0.05) is 25.2 Å². The Kier molecular flexibility index (Phi) is 5.70. The molecule has 1 atom stereocenters. The number of sulfone groups is 1. The maximum Gasteiger partial charge on any atom is 0.240 e. The van der Waals surface area contributed by atoms with E-state index in [9.17, 15) is 13.2 Å². The maximum absolute atomic E-state index is 11.8. The summed E-state index contributed by atoms with van der Waals surface area (Å²) in [5.41, 5.74) is 4.51. The lowest BCUT2D eigenvalue weighted by molar-refractivity contribution is -0.121. The number of hydrogen-bond acceptors (Lipinski definition) is 6. The second-order valence-electron chi connectivity index (χ2n) is 6.46.